The number of halogens is 1. The molecule has 5 heteroatoms. The SMILES string of the molecule is CC(C)Oc1ccc(NC(=O)COc2cccc(Cl)c2)cc1. The molecule has 0 saturated carbocycles. The van der Waals surface area contributed by atoms with Crippen LogP contribution in [0.2, 0.25) is 5.02 Å². The maximum Gasteiger partial charge on any atom is 0.262 e. The molecular formula is C17H18ClNO3. The van der Waals surface area contributed by atoms with Gasteiger partial charge in [0, 0.05) is 10.7 Å². The summed E-state index contributed by atoms with van der Waals surface area (Å²) in [5.74, 6) is 1.09. The predicted molar refractivity (Wildman–Crippen MR) is 87.8 cm³/mol. The molecule has 0 aliphatic rings. The van der Waals surface area contributed by atoms with Crippen LogP contribution in [0.4, 0.5) is 5.69 Å². The van der Waals surface area contributed by atoms with Crippen LogP contribution in [-0.2, 0) is 4.79 Å². The number of carbonyl (C=O) groups excluding carboxylic acids is 1. The second-order valence-corrected chi connectivity index (χ2v) is 5.42. The predicted octanol–water partition coefficient (Wildman–Crippen LogP) is 4.14. The van der Waals surface area contributed by atoms with Crippen LogP contribution in [0.15, 0.2) is 48.5 Å². The van der Waals surface area contributed by atoms with Gasteiger partial charge in [0.25, 0.3) is 5.91 Å². The first-order valence-corrected chi connectivity index (χ1v) is 7.35. The molecule has 0 heterocycles. The summed E-state index contributed by atoms with van der Waals surface area (Å²) in [5.41, 5.74) is 0.691. The number of benzene rings is 2. The van der Waals surface area contributed by atoms with Crippen LogP contribution in [0.5, 0.6) is 11.5 Å². The Labute approximate surface area is 135 Å². The van der Waals surface area contributed by atoms with Crippen LogP contribution in [0.25, 0.3) is 0 Å². The molecule has 0 aromatic heterocycles. The molecule has 0 bridgehead atoms. The fraction of sp³-hybridized carbons (Fsp3) is 0.235. The number of carbonyl (C=O) groups is 1. The Morgan fingerprint density at radius 3 is 2.50 bits per heavy atom. The Morgan fingerprint density at radius 1 is 1.14 bits per heavy atom. The number of rotatable bonds is 6. The standard InChI is InChI=1S/C17H18ClNO3/c1-12(2)22-15-8-6-14(7-9-15)19-17(20)11-21-16-5-3-4-13(18)10-16/h3-10,12H,11H2,1-2H3,(H,19,20). The first-order chi connectivity index (χ1) is 10.5. The fourth-order valence-corrected chi connectivity index (χ4v) is 1.97. The first-order valence-electron chi connectivity index (χ1n) is 6.98. The molecular weight excluding hydrogens is 302 g/mol. The lowest BCUT2D eigenvalue weighted by atomic mass is 10.3. The molecule has 2 aromatic rings. The zero-order valence-corrected chi connectivity index (χ0v) is 13.3. The topological polar surface area (TPSA) is 47.6 Å². The van der Waals surface area contributed by atoms with Gasteiger partial charge in [0.1, 0.15) is 11.5 Å². The van der Waals surface area contributed by atoms with Crippen LogP contribution < -0.4 is 14.8 Å². The smallest absolute Gasteiger partial charge is 0.262 e. The second-order valence-electron chi connectivity index (χ2n) is 4.99. The van der Waals surface area contributed by atoms with Gasteiger partial charge in [-0.1, -0.05) is 17.7 Å². The third-order valence-corrected chi connectivity index (χ3v) is 2.91. The molecule has 0 atom stereocenters. The fourth-order valence-electron chi connectivity index (χ4n) is 1.79. The van der Waals surface area contributed by atoms with Crippen molar-refractivity contribution in [2.45, 2.75) is 20.0 Å². The highest BCUT2D eigenvalue weighted by Crippen LogP contribution is 2.18. The molecule has 2 rings (SSSR count). The zero-order valence-electron chi connectivity index (χ0n) is 12.5. The third kappa shape index (κ3) is 5.30. The average Bonchev–Trinajstić information content (AvgIpc) is 2.47. The molecule has 0 aliphatic heterocycles. The third-order valence-electron chi connectivity index (χ3n) is 2.68. The highest BCUT2D eigenvalue weighted by Gasteiger charge is 2.05. The first kappa shape index (κ1) is 16.2. The van der Waals surface area contributed by atoms with Gasteiger partial charge in [-0.25, -0.2) is 0 Å². The number of amides is 1. The minimum absolute atomic E-state index is 0.0788. The van der Waals surface area contributed by atoms with Gasteiger partial charge in [-0.2, -0.15) is 0 Å². The Kier molecular flexibility index (Phi) is 5.67. The van der Waals surface area contributed by atoms with Gasteiger partial charge in [-0.15, -0.1) is 0 Å². The molecule has 0 fully saturated rings. The summed E-state index contributed by atoms with van der Waals surface area (Å²) in [6.45, 7) is 3.84. The molecule has 1 N–H and O–H groups in total. The van der Waals surface area contributed by atoms with Crippen molar-refractivity contribution < 1.29 is 14.3 Å². The van der Waals surface area contributed by atoms with Gasteiger partial charge in [0.2, 0.25) is 0 Å². The Balaban J connectivity index is 1.84. The van der Waals surface area contributed by atoms with Crippen LogP contribution in [0, 0.1) is 0 Å². The molecule has 4 nitrogen and oxygen atoms in total. The van der Waals surface area contributed by atoms with Gasteiger partial charge < -0.3 is 14.8 Å². The van der Waals surface area contributed by atoms with Crippen molar-refractivity contribution in [1.29, 1.82) is 0 Å². The highest BCUT2D eigenvalue weighted by molar-refractivity contribution is 6.30. The molecule has 1 amide bonds. The summed E-state index contributed by atoms with van der Waals surface area (Å²) >= 11 is 5.85. The summed E-state index contributed by atoms with van der Waals surface area (Å²) in [6.07, 6.45) is 0.117. The molecule has 0 radical (unpaired) electrons. The lowest BCUT2D eigenvalue weighted by Crippen LogP contribution is -2.20. The maximum atomic E-state index is 11.8. The van der Waals surface area contributed by atoms with Crippen molar-refractivity contribution in [2.24, 2.45) is 0 Å². The minimum Gasteiger partial charge on any atom is -0.491 e. The van der Waals surface area contributed by atoms with Gasteiger partial charge in [-0.3, -0.25) is 4.79 Å². The lowest BCUT2D eigenvalue weighted by molar-refractivity contribution is -0.118. The van der Waals surface area contributed by atoms with Crippen molar-refractivity contribution in [3.63, 3.8) is 0 Å². The van der Waals surface area contributed by atoms with E-state index >= 15 is 0 Å². The van der Waals surface area contributed by atoms with Crippen molar-refractivity contribution >= 4 is 23.2 Å². The van der Waals surface area contributed by atoms with E-state index in [-0.39, 0.29) is 18.6 Å². The number of hydrogen-bond donors (Lipinski definition) is 1. The van der Waals surface area contributed by atoms with E-state index in [9.17, 15) is 4.79 Å². The van der Waals surface area contributed by atoms with Gasteiger partial charge >= 0.3 is 0 Å². The molecule has 2 aromatic carbocycles. The number of nitrogens with one attached hydrogen (secondary N) is 1. The van der Waals surface area contributed by atoms with E-state index < -0.39 is 0 Å². The monoisotopic (exact) mass is 319 g/mol. The van der Waals surface area contributed by atoms with E-state index in [1.54, 1.807) is 36.4 Å². The highest BCUT2D eigenvalue weighted by atomic mass is 35.5. The van der Waals surface area contributed by atoms with Crippen LogP contribution in [0.3, 0.4) is 0 Å². The van der Waals surface area contributed by atoms with E-state index in [4.69, 9.17) is 21.1 Å². The molecule has 22 heavy (non-hydrogen) atoms. The Hall–Kier alpha value is -2.20. The number of ether oxygens (including phenoxy) is 2. The number of anilines is 1. The summed E-state index contributed by atoms with van der Waals surface area (Å²) in [6, 6.07) is 14.1. The normalized spacial score (nSPS) is 10.4. The maximum absolute atomic E-state index is 11.8. The Morgan fingerprint density at radius 2 is 1.86 bits per heavy atom. The van der Waals surface area contributed by atoms with E-state index in [1.807, 2.05) is 26.0 Å². The van der Waals surface area contributed by atoms with E-state index in [1.165, 1.54) is 0 Å². The summed E-state index contributed by atoms with van der Waals surface area (Å²) in [4.78, 5) is 11.8. The van der Waals surface area contributed by atoms with Crippen molar-refractivity contribution in [2.75, 3.05) is 11.9 Å². The summed E-state index contributed by atoms with van der Waals surface area (Å²) in [5, 5.41) is 3.32. The van der Waals surface area contributed by atoms with Crippen molar-refractivity contribution in [3.05, 3.63) is 53.6 Å². The van der Waals surface area contributed by atoms with E-state index in [2.05, 4.69) is 5.32 Å². The van der Waals surface area contributed by atoms with Gasteiger partial charge in [-0.05, 0) is 56.3 Å². The van der Waals surface area contributed by atoms with Crippen LogP contribution in [0.1, 0.15) is 13.8 Å². The quantitative estimate of drug-likeness (QED) is 0.870. The van der Waals surface area contributed by atoms with Crippen molar-refractivity contribution in [1.82, 2.24) is 0 Å². The van der Waals surface area contributed by atoms with Crippen molar-refractivity contribution in [3.8, 4) is 11.5 Å². The van der Waals surface area contributed by atoms with Gasteiger partial charge in [0.05, 0.1) is 6.10 Å². The largest absolute Gasteiger partial charge is 0.491 e. The average molecular weight is 320 g/mol. The molecule has 0 unspecified atom stereocenters. The lowest BCUT2D eigenvalue weighted by Gasteiger charge is -2.11. The second kappa shape index (κ2) is 7.71. The molecule has 0 saturated heterocycles. The molecule has 116 valence electrons. The zero-order chi connectivity index (χ0) is 15.9. The van der Waals surface area contributed by atoms with Crippen LogP contribution >= 0.6 is 11.6 Å². The van der Waals surface area contributed by atoms with E-state index in [0.29, 0.717) is 16.5 Å². The van der Waals surface area contributed by atoms with E-state index in [0.717, 1.165) is 5.75 Å². The molecule has 0 aliphatic carbocycles. The summed E-state index contributed by atoms with van der Waals surface area (Å²) in [7, 11) is 0. The number of hydrogen-bond acceptors (Lipinski definition) is 3. The Bertz CT molecular complexity index is 626. The summed E-state index contributed by atoms with van der Waals surface area (Å²) < 4.78 is 10.9. The van der Waals surface area contributed by atoms with Gasteiger partial charge in [0.15, 0.2) is 6.61 Å². The molecule has 0 spiro atoms. The van der Waals surface area contributed by atoms with Crippen LogP contribution in [-0.4, -0.2) is 18.6 Å². The minimum atomic E-state index is -0.238.